The van der Waals surface area contributed by atoms with Gasteiger partial charge in [-0.25, -0.2) is 0 Å². The maximum absolute atomic E-state index is 12.3. The second-order valence-corrected chi connectivity index (χ2v) is 9.71. The average molecular weight is 300 g/mol. The Bertz CT molecular complexity index is 542. The van der Waals surface area contributed by atoms with Crippen LogP contribution in [0, 0.1) is 52.8 Å². The van der Waals surface area contributed by atoms with E-state index < -0.39 is 0 Å². The molecule has 0 aromatic heterocycles. The van der Waals surface area contributed by atoms with Crippen LogP contribution in [0.2, 0.25) is 0 Å². The first-order chi connectivity index (χ1) is 10.4. The molecule has 4 saturated carbocycles. The topological polar surface area (TPSA) is 26.3 Å². The lowest BCUT2D eigenvalue weighted by molar-refractivity contribution is -0.164. The summed E-state index contributed by atoms with van der Waals surface area (Å²) in [5.74, 6) is 7.10. The number of ether oxygens (including phenoxy) is 1. The van der Waals surface area contributed by atoms with Gasteiger partial charge in [0.2, 0.25) is 0 Å². The molecule has 22 heavy (non-hydrogen) atoms. The Balaban J connectivity index is 1.37. The lowest BCUT2D eigenvalue weighted by Gasteiger charge is -2.43. The van der Waals surface area contributed by atoms with E-state index in [4.69, 9.17) is 4.74 Å². The van der Waals surface area contributed by atoms with E-state index in [-0.39, 0.29) is 17.5 Å². The Labute approximate surface area is 133 Å². The molecule has 4 bridgehead atoms. The highest BCUT2D eigenvalue weighted by Crippen LogP contribution is 2.72. The zero-order valence-electron chi connectivity index (χ0n) is 14.0. The van der Waals surface area contributed by atoms with Crippen molar-refractivity contribution in [3.05, 3.63) is 12.2 Å². The third kappa shape index (κ3) is 1.59. The van der Waals surface area contributed by atoms with Gasteiger partial charge in [-0.05, 0) is 93.8 Å². The number of hydrogen-bond donors (Lipinski definition) is 0. The van der Waals surface area contributed by atoms with Crippen molar-refractivity contribution in [3.63, 3.8) is 0 Å². The lowest BCUT2D eigenvalue weighted by atomic mass is 9.63. The smallest absolute Gasteiger partial charge is 0.311 e. The number of allylic oxidation sites excluding steroid dienone is 2. The second-order valence-electron chi connectivity index (χ2n) is 9.71. The number of rotatable bonds is 1. The number of carbonyl (C=O) groups is 1. The molecule has 120 valence electrons. The number of hydrogen-bond acceptors (Lipinski definition) is 2. The monoisotopic (exact) mass is 300 g/mol. The molecule has 0 aromatic carbocycles. The summed E-state index contributed by atoms with van der Waals surface area (Å²) < 4.78 is 5.98. The van der Waals surface area contributed by atoms with Crippen LogP contribution < -0.4 is 0 Å². The van der Waals surface area contributed by atoms with Crippen molar-refractivity contribution in [1.82, 2.24) is 0 Å². The third-order valence-electron chi connectivity index (χ3n) is 7.78. The van der Waals surface area contributed by atoms with Crippen molar-refractivity contribution in [2.45, 2.75) is 52.6 Å². The minimum atomic E-state index is -0.366. The van der Waals surface area contributed by atoms with Crippen molar-refractivity contribution >= 4 is 5.97 Å². The predicted molar refractivity (Wildman–Crippen MR) is 84.9 cm³/mol. The van der Waals surface area contributed by atoms with E-state index in [0.29, 0.717) is 5.92 Å². The van der Waals surface area contributed by atoms with Gasteiger partial charge < -0.3 is 4.74 Å². The SMILES string of the molecule is CC(C)(C)C(=O)OC1CC2CC1C1C3CC(C4CC=CC43)C21. The molecule has 0 aliphatic heterocycles. The Hall–Kier alpha value is -0.790. The van der Waals surface area contributed by atoms with Crippen molar-refractivity contribution in [2.24, 2.45) is 52.8 Å². The van der Waals surface area contributed by atoms with Crippen LogP contribution in [0.4, 0.5) is 0 Å². The van der Waals surface area contributed by atoms with E-state index >= 15 is 0 Å². The Morgan fingerprint density at radius 3 is 2.59 bits per heavy atom. The molecule has 9 atom stereocenters. The number of fused-ring (bicyclic) bond motifs is 12. The van der Waals surface area contributed by atoms with Gasteiger partial charge >= 0.3 is 5.97 Å². The van der Waals surface area contributed by atoms with Crippen molar-refractivity contribution in [2.75, 3.05) is 0 Å². The highest BCUT2D eigenvalue weighted by Gasteiger charge is 2.67. The molecule has 2 nitrogen and oxygen atoms in total. The minimum Gasteiger partial charge on any atom is -0.462 e. The van der Waals surface area contributed by atoms with Gasteiger partial charge in [0.15, 0.2) is 0 Å². The summed E-state index contributed by atoms with van der Waals surface area (Å²) in [5, 5.41) is 0. The molecule has 5 aliphatic carbocycles. The van der Waals surface area contributed by atoms with Crippen LogP contribution >= 0.6 is 0 Å². The van der Waals surface area contributed by atoms with E-state index in [0.717, 1.165) is 47.8 Å². The maximum Gasteiger partial charge on any atom is 0.311 e. The largest absolute Gasteiger partial charge is 0.462 e. The van der Waals surface area contributed by atoms with Crippen LogP contribution in [-0.2, 0) is 9.53 Å². The first-order valence-electron chi connectivity index (χ1n) is 9.33. The van der Waals surface area contributed by atoms with Gasteiger partial charge in [0.1, 0.15) is 6.10 Å². The first kappa shape index (κ1) is 13.6. The van der Waals surface area contributed by atoms with Gasteiger partial charge in [0.05, 0.1) is 5.41 Å². The summed E-state index contributed by atoms with van der Waals surface area (Å²) in [5.41, 5.74) is -0.366. The van der Waals surface area contributed by atoms with E-state index in [1.54, 1.807) is 0 Å². The zero-order chi connectivity index (χ0) is 15.2. The molecule has 0 radical (unpaired) electrons. The van der Waals surface area contributed by atoms with Gasteiger partial charge in [-0.1, -0.05) is 12.2 Å². The van der Waals surface area contributed by atoms with Crippen LogP contribution in [0.3, 0.4) is 0 Å². The molecule has 0 saturated heterocycles. The molecule has 4 fully saturated rings. The van der Waals surface area contributed by atoms with Crippen molar-refractivity contribution in [1.29, 1.82) is 0 Å². The minimum absolute atomic E-state index is 0.00314. The summed E-state index contributed by atoms with van der Waals surface area (Å²) in [4.78, 5) is 12.3. The zero-order valence-corrected chi connectivity index (χ0v) is 14.0. The van der Waals surface area contributed by atoms with Gasteiger partial charge in [-0.3, -0.25) is 4.79 Å². The van der Waals surface area contributed by atoms with E-state index in [1.807, 2.05) is 20.8 Å². The van der Waals surface area contributed by atoms with E-state index in [1.165, 1.54) is 19.3 Å². The molecule has 0 heterocycles. The van der Waals surface area contributed by atoms with Gasteiger partial charge in [-0.2, -0.15) is 0 Å². The van der Waals surface area contributed by atoms with Gasteiger partial charge in [-0.15, -0.1) is 0 Å². The fourth-order valence-corrected chi connectivity index (χ4v) is 7.19. The Morgan fingerprint density at radius 2 is 1.82 bits per heavy atom. The number of esters is 1. The third-order valence-corrected chi connectivity index (χ3v) is 7.78. The van der Waals surface area contributed by atoms with E-state index in [2.05, 4.69) is 12.2 Å². The molecular weight excluding hydrogens is 272 g/mol. The fraction of sp³-hybridized carbons (Fsp3) is 0.850. The molecule has 0 N–H and O–H groups in total. The molecule has 0 aromatic rings. The lowest BCUT2D eigenvalue weighted by Crippen LogP contribution is -2.42. The normalized spacial score (nSPS) is 53.9. The van der Waals surface area contributed by atoms with Crippen LogP contribution in [-0.4, -0.2) is 12.1 Å². The standard InChI is InChI=1S/C20H28O2/c1-20(2,3)19(21)22-16-8-10-7-15(16)18-14-9-13(17(10)18)11-5-4-6-12(11)14/h4,6,10-18H,5,7-9H2,1-3H3. The van der Waals surface area contributed by atoms with Gasteiger partial charge in [0, 0.05) is 0 Å². The van der Waals surface area contributed by atoms with E-state index in [9.17, 15) is 4.79 Å². The highest BCUT2D eigenvalue weighted by atomic mass is 16.5. The predicted octanol–water partition coefficient (Wildman–Crippen LogP) is 4.06. The first-order valence-corrected chi connectivity index (χ1v) is 9.33. The summed E-state index contributed by atoms with van der Waals surface area (Å²) in [7, 11) is 0. The Morgan fingerprint density at radius 1 is 1.00 bits per heavy atom. The van der Waals surface area contributed by atoms with Crippen molar-refractivity contribution < 1.29 is 9.53 Å². The van der Waals surface area contributed by atoms with Crippen LogP contribution in [0.25, 0.3) is 0 Å². The average Bonchev–Trinajstić information content (AvgIpc) is 3.19. The molecule has 5 aliphatic rings. The quantitative estimate of drug-likeness (QED) is 0.415. The van der Waals surface area contributed by atoms with Crippen LogP contribution in [0.1, 0.15) is 46.5 Å². The molecule has 9 unspecified atom stereocenters. The molecule has 0 spiro atoms. The second kappa shape index (κ2) is 4.19. The fourth-order valence-electron chi connectivity index (χ4n) is 7.19. The summed E-state index contributed by atoms with van der Waals surface area (Å²) >= 11 is 0. The van der Waals surface area contributed by atoms with Crippen LogP contribution in [0.5, 0.6) is 0 Å². The summed E-state index contributed by atoms with van der Waals surface area (Å²) in [6, 6.07) is 0. The van der Waals surface area contributed by atoms with Gasteiger partial charge in [0.25, 0.3) is 0 Å². The van der Waals surface area contributed by atoms with Crippen LogP contribution in [0.15, 0.2) is 12.2 Å². The molecule has 2 heteroatoms. The summed E-state index contributed by atoms with van der Waals surface area (Å²) in [6.45, 7) is 5.91. The maximum atomic E-state index is 12.3. The Kier molecular flexibility index (Phi) is 2.59. The molecule has 0 amide bonds. The number of carbonyl (C=O) groups excluding carboxylic acids is 1. The van der Waals surface area contributed by atoms with Crippen molar-refractivity contribution in [3.8, 4) is 0 Å². The summed E-state index contributed by atoms with van der Waals surface area (Å²) in [6.07, 6.45) is 10.5. The molecule has 5 rings (SSSR count). The molecular formula is C20H28O2. The highest BCUT2D eigenvalue weighted by molar-refractivity contribution is 5.75.